The van der Waals surface area contributed by atoms with Crippen molar-refractivity contribution in [2.24, 2.45) is 16.9 Å². The van der Waals surface area contributed by atoms with E-state index in [1.807, 2.05) is 24.3 Å². The van der Waals surface area contributed by atoms with E-state index in [1.165, 1.54) is 4.90 Å². The fourth-order valence-corrected chi connectivity index (χ4v) is 5.55. The first-order chi connectivity index (χ1) is 16.5. The Labute approximate surface area is 205 Å². The van der Waals surface area contributed by atoms with Crippen molar-refractivity contribution in [1.29, 1.82) is 0 Å². The number of fused-ring (bicyclic) bond motifs is 5. The Morgan fingerprint density at radius 2 is 1.41 bits per heavy atom. The van der Waals surface area contributed by atoms with Crippen molar-refractivity contribution >= 4 is 52.7 Å². The maximum absolute atomic E-state index is 13.8. The minimum atomic E-state index is -0.922. The van der Waals surface area contributed by atoms with Crippen molar-refractivity contribution in [3.8, 4) is 0 Å². The highest BCUT2D eigenvalue weighted by Gasteiger charge is 2.65. The molecule has 2 saturated heterocycles. The smallest absolute Gasteiger partial charge is 0.240 e. The number of ketones is 1. The zero-order valence-corrected chi connectivity index (χ0v) is 19.1. The van der Waals surface area contributed by atoms with Crippen LogP contribution in [0.15, 0.2) is 77.9 Å². The van der Waals surface area contributed by atoms with Crippen LogP contribution in [0.5, 0.6) is 0 Å². The number of anilines is 1. The van der Waals surface area contributed by atoms with E-state index < -0.39 is 29.8 Å². The number of amides is 2. The Bertz CT molecular complexity index is 1370. The van der Waals surface area contributed by atoms with Crippen LogP contribution in [0.2, 0.25) is 10.0 Å². The Morgan fingerprint density at radius 1 is 0.794 bits per heavy atom. The van der Waals surface area contributed by atoms with Crippen molar-refractivity contribution in [2.75, 3.05) is 4.90 Å². The molecule has 3 heterocycles. The van der Waals surface area contributed by atoms with Crippen LogP contribution in [-0.4, -0.2) is 34.9 Å². The Hall–Kier alpha value is -3.48. The van der Waals surface area contributed by atoms with Crippen LogP contribution in [-0.2, 0) is 9.59 Å². The average molecular weight is 490 g/mol. The number of Topliss-reactive ketones (excluding diaryl/α,β-unsaturated/α-hetero) is 1. The van der Waals surface area contributed by atoms with E-state index in [1.54, 1.807) is 59.8 Å². The number of halogens is 2. The number of hydrogen-bond acceptors (Lipinski definition) is 5. The summed E-state index contributed by atoms with van der Waals surface area (Å²) in [5, 5.41) is 7.21. The van der Waals surface area contributed by atoms with E-state index >= 15 is 0 Å². The maximum Gasteiger partial charge on any atom is 0.240 e. The lowest BCUT2D eigenvalue weighted by Gasteiger charge is -2.33. The van der Waals surface area contributed by atoms with Gasteiger partial charge in [0.2, 0.25) is 11.8 Å². The van der Waals surface area contributed by atoms with Crippen molar-refractivity contribution in [3.63, 3.8) is 0 Å². The summed E-state index contributed by atoms with van der Waals surface area (Å²) in [6.45, 7) is 0. The molecule has 2 fully saturated rings. The highest BCUT2D eigenvalue weighted by molar-refractivity contribution is 6.31. The summed E-state index contributed by atoms with van der Waals surface area (Å²) in [6.07, 6.45) is 1.68. The van der Waals surface area contributed by atoms with Gasteiger partial charge in [0.1, 0.15) is 6.04 Å². The first kappa shape index (κ1) is 21.1. The molecule has 3 aromatic rings. The fourth-order valence-electron chi connectivity index (χ4n) is 5.30. The fraction of sp³-hybridized carbons (Fsp3) is 0.154. The largest absolute Gasteiger partial charge is 0.292 e. The molecule has 0 aromatic heterocycles. The van der Waals surface area contributed by atoms with Gasteiger partial charge in [0.15, 0.2) is 5.78 Å². The molecule has 0 radical (unpaired) electrons. The first-order valence-corrected chi connectivity index (χ1v) is 11.6. The summed E-state index contributed by atoms with van der Waals surface area (Å²) < 4.78 is 0. The molecule has 4 atom stereocenters. The van der Waals surface area contributed by atoms with E-state index in [2.05, 4.69) is 5.10 Å². The second-order valence-electron chi connectivity index (χ2n) is 8.55. The zero-order chi connectivity index (χ0) is 23.6. The van der Waals surface area contributed by atoms with Gasteiger partial charge < -0.3 is 0 Å². The molecule has 0 spiro atoms. The van der Waals surface area contributed by atoms with Gasteiger partial charge in [-0.25, -0.2) is 4.90 Å². The SMILES string of the molecule is O=C(c1ccc(Cl)cc1)[C@@H]1[C@@H]2C(=O)N(c3ccc(Cl)cc3)C(=O)[C@@H]2[C@@H]2c3ccccc3C=NN12. The number of carbonyl (C=O) groups excluding carboxylic acids is 3. The van der Waals surface area contributed by atoms with E-state index in [4.69, 9.17) is 23.2 Å². The van der Waals surface area contributed by atoms with Gasteiger partial charge in [-0.15, -0.1) is 0 Å². The molecule has 0 unspecified atom stereocenters. The molecule has 3 aliphatic rings. The van der Waals surface area contributed by atoms with Crippen molar-refractivity contribution in [1.82, 2.24) is 5.01 Å². The number of benzene rings is 3. The molecule has 2 amide bonds. The van der Waals surface area contributed by atoms with Crippen LogP contribution in [0, 0.1) is 11.8 Å². The third-order valence-electron chi connectivity index (χ3n) is 6.78. The minimum Gasteiger partial charge on any atom is -0.292 e. The second-order valence-corrected chi connectivity index (χ2v) is 9.43. The second kappa shape index (κ2) is 7.79. The van der Waals surface area contributed by atoms with Crippen molar-refractivity contribution in [3.05, 3.63) is 99.5 Å². The normalized spacial score (nSPS) is 24.8. The summed E-state index contributed by atoms with van der Waals surface area (Å²) in [4.78, 5) is 42.5. The Balaban J connectivity index is 1.49. The summed E-state index contributed by atoms with van der Waals surface area (Å²) in [5.74, 6) is -2.65. The van der Waals surface area contributed by atoms with Crippen LogP contribution in [0.1, 0.15) is 27.5 Å². The summed E-state index contributed by atoms with van der Waals surface area (Å²) in [6, 6.07) is 19.2. The van der Waals surface area contributed by atoms with E-state index in [9.17, 15) is 14.4 Å². The predicted octanol–water partition coefficient (Wildman–Crippen LogP) is 4.75. The van der Waals surface area contributed by atoms with Crippen LogP contribution in [0.4, 0.5) is 5.69 Å². The van der Waals surface area contributed by atoms with Gasteiger partial charge in [-0.05, 0) is 59.7 Å². The minimum absolute atomic E-state index is 0.273. The van der Waals surface area contributed by atoms with Crippen molar-refractivity contribution < 1.29 is 14.4 Å². The molecular formula is C26H17Cl2N3O3. The molecule has 0 N–H and O–H groups in total. The third-order valence-corrected chi connectivity index (χ3v) is 7.28. The van der Waals surface area contributed by atoms with Gasteiger partial charge in [0.25, 0.3) is 0 Å². The zero-order valence-electron chi connectivity index (χ0n) is 17.6. The molecule has 8 heteroatoms. The summed E-state index contributed by atoms with van der Waals surface area (Å²) >= 11 is 12.0. The van der Waals surface area contributed by atoms with Gasteiger partial charge >= 0.3 is 0 Å². The van der Waals surface area contributed by atoms with E-state index in [-0.39, 0.29) is 11.7 Å². The van der Waals surface area contributed by atoms with E-state index in [0.29, 0.717) is 21.3 Å². The van der Waals surface area contributed by atoms with Crippen LogP contribution in [0.3, 0.4) is 0 Å². The molecule has 0 bridgehead atoms. The number of hydrogen-bond donors (Lipinski definition) is 0. The van der Waals surface area contributed by atoms with Gasteiger partial charge in [-0.1, -0.05) is 47.5 Å². The average Bonchev–Trinajstić information content (AvgIpc) is 3.32. The number of carbonyl (C=O) groups is 3. The number of nitrogens with zero attached hydrogens (tertiary/aromatic N) is 3. The molecular weight excluding hydrogens is 473 g/mol. The maximum atomic E-state index is 13.8. The topological polar surface area (TPSA) is 70.0 Å². The quantitative estimate of drug-likeness (QED) is 0.393. The van der Waals surface area contributed by atoms with E-state index in [0.717, 1.165) is 11.1 Å². The van der Waals surface area contributed by atoms with Gasteiger partial charge in [0.05, 0.1) is 29.8 Å². The third kappa shape index (κ3) is 3.02. The summed E-state index contributed by atoms with van der Waals surface area (Å²) in [5.41, 5.74) is 2.59. The lowest BCUT2D eigenvalue weighted by Crippen LogP contribution is -2.44. The van der Waals surface area contributed by atoms with Crippen LogP contribution in [0.25, 0.3) is 0 Å². The standard InChI is InChI=1S/C26H17Cl2N3O3/c27-16-7-5-14(6-8-16)24(32)23-21-20(22-19-4-2-1-3-15(19)13-29-31(22)23)25(33)30(26(21)34)18-11-9-17(28)10-12-18/h1-13,20-23H/t20-,21+,22-,23-/m0/s1. The number of hydrazone groups is 1. The number of rotatable bonds is 3. The predicted molar refractivity (Wildman–Crippen MR) is 129 cm³/mol. The lowest BCUT2D eigenvalue weighted by atomic mass is 9.83. The van der Waals surface area contributed by atoms with Gasteiger partial charge in [-0.3, -0.25) is 19.4 Å². The number of imide groups is 1. The van der Waals surface area contributed by atoms with Crippen LogP contribution < -0.4 is 4.90 Å². The molecule has 0 saturated carbocycles. The lowest BCUT2D eigenvalue weighted by molar-refractivity contribution is -0.124. The first-order valence-electron chi connectivity index (χ1n) is 10.8. The Morgan fingerprint density at radius 3 is 2.12 bits per heavy atom. The molecule has 6 nitrogen and oxygen atoms in total. The Kier molecular flexibility index (Phi) is 4.83. The molecule has 0 aliphatic carbocycles. The summed E-state index contributed by atoms with van der Waals surface area (Å²) in [7, 11) is 0. The monoisotopic (exact) mass is 489 g/mol. The van der Waals surface area contributed by atoms with Crippen molar-refractivity contribution in [2.45, 2.75) is 12.1 Å². The molecule has 168 valence electrons. The van der Waals surface area contributed by atoms with Gasteiger partial charge in [-0.2, -0.15) is 5.10 Å². The van der Waals surface area contributed by atoms with Gasteiger partial charge in [0, 0.05) is 15.6 Å². The highest BCUT2D eigenvalue weighted by atomic mass is 35.5. The molecule has 34 heavy (non-hydrogen) atoms. The highest BCUT2D eigenvalue weighted by Crippen LogP contribution is 2.53. The molecule has 6 rings (SSSR count). The van der Waals surface area contributed by atoms with Crippen LogP contribution >= 0.6 is 23.2 Å². The molecule has 3 aromatic carbocycles. The molecule has 3 aliphatic heterocycles.